The third-order valence-electron chi connectivity index (χ3n) is 3.80. The maximum atomic E-state index is 11.7. The number of aromatic nitrogens is 2. The molecule has 1 aromatic carbocycles. The van der Waals surface area contributed by atoms with E-state index in [1.807, 2.05) is 0 Å². The first-order valence-electron chi connectivity index (χ1n) is 8.02. The normalized spacial score (nSPS) is 10.6. The van der Waals surface area contributed by atoms with Crippen LogP contribution in [0.4, 0.5) is 0 Å². The molecule has 2 aromatic heterocycles. The van der Waals surface area contributed by atoms with Crippen LogP contribution in [0.15, 0.2) is 38.5 Å². The average molecular weight is 406 g/mol. The van der Waals surface area contributed by atoms with Crippen LogP contribution in [-0.4, -0.2) is 44.6 Å². The van der Waals surface area contributed by atoms with Gasteiger partial charge in [0.1, 0.15) is 11.3 Å². The Hall–Kier alpha value is -3.14. The third-order valence-corrected chi connectivity index (χ3v) is 4.61. The number of carbonyl (C=O) groups excluding carboxylic acids is 1. The Morgan fingerprint density at radius 1 is 1.07 bits per heavy atom. The largest absolute Gasteiger partial charge is 0.493 e. The molecule has 148 valence electrons. The summed E-state index contributed by atoms with van der Waals surface area (Å²) < 4.78 is 31.7. The van der Waals surface area contributed by atoms with Gasteiger partial charge in [0.05, 0.1) is 40.5 Å². The number of furan rings is 1. The highest BCUT2D eigenvalue weighted by molar-refractivity contribution is 7.98. The highest BCUT2D eigenvalue weighted by Crippen LogP contribution is 2.41. The molecule has 0 saturated heterocycles. The lowest BCUT2D eigenvalue weighted by Gasteiger charge is -2.12. The summed E-state index contributed by atoms with van der Waals surface area (Å²) in [7, 11) is 5.89. The fraction of sp³-hybridized carbons (Fsp3) is 0.278. The molecule has 0 aliphatic carbocycles. The number of methoxy groups -OCH3 is 4. The average Bonchev–Trinajstić information content (AvgIpc) is 3.39. The molecule has 0 unspecified atom stereocenters. The molecule has 9 nitrogen and oxygen atoms in total. The first-order valence-corrected chi connectivity index (χ1v) is 9.01. The van der Waals surface area contributed by atoms with Gasteiger partial charge in [-0.1, -0.05) is 11.8 Å². The van der Waals surface area contributed by atoms with Crippen LogP contribution in [0.25, 0.3) is 11.5 Å². The summed E-state index contributed by atoms with van der Waals surface area (Å²) in [6.45, 7) is 0. The number of hydrogen-bond acceptors (Lipinski definition) is 10. The standard InChI is InChI=1S/C18H18N2O7S/c1-22-12-7-10(8-13(23-2)15(12)24-3)16-19-20-18(27-16)28-9-14-11(5-6-26-14)17(21)25-4/h5-8H,9H2,1-4H3. The Kier molecular flexibility index (Phi) is 6.09. The van der Waals surface area contributed by atoms with Gasteiger partial charge in [-0.2, -0.15) is 0 Å². The zero-order valence-electron chi connectivity index (χ0n) is 15.7. The molecule has 0 spiro atoms. The minimum Gasteiger partial charge on any atom is -0.493 e. The third kappa shape index (κ3) is 3.91. The van der Waals surface area contributed by atoms with Crippen LogP contribution >= 0.6 is 11.8 Å². The van der Waals surface area contributed by atoms with Gasteiger partial charge in [-0.15, -0.1) is 10.2 Å². The minimum atomic E-state index is -0.465. The number of rotatable bonds is 8. The quantitative estimate of drug-likeness (QED) is 0.408. The lowest BCUT2D eigenvalue weighted by Crippen LogP contribution is -2.02. The van der Waals surface area contributed by atoms with E-state index >= 15 is 0 Å². The number of nitrogens with zero attached hydrogens (tertiary/aromatic N) is 2. The molecule has 0 N–H and O–H groups in total. The molecule has 0 radical (unpaired) electrons. The van der Waals surface area contributed by atoms with Gasteiger partial charge in [-0.25, -0.2) is 4.79 Å². The summed E-state index contributed by atoms with van der Waals surface area (Å²) in [4.78, 5) is 11.7. The maximum absolute atomic E-state index is 11.7. The van der Waals surface area contributed by atoms with Crippen LogP contribution in [0.3, 0.4) is 0 Å². The maximum Gasteiger partial charge on any atom is 0.341 e. The first-order chi connectivity index (χ1) is 13.6. The van der Waals surface area contributed by atoms with E-state index in [2.05, 4.69) is 10.2 Å². The molecule has 3 aromatic rings. The van der Waals surface area contributed by atoms with Crippen LogP contribution in [0, 0.1) is 0 Å². The molecule has 0 aliphatic rings. The van der Waals surface area contributed by atoms with Gasteiger partial charge in [0.2, 0.25) is 11.6 Å². The molecule has 0 bridgehead atoms. The molecule has 3 rings (SSSR count). The SMILES string of the molecule is COC(=O)c1ccoc1CSc1nnc(-c2cc(OC)c(OC)c(OC)c2)o1. The van der Waals surface area contributed by atoms with Crippen molar-refractivity contribution in [2.75, 3.05) is 28.4 Å². The second-order valence-corrected chi connectivity index (χ2v) is 6.25. The van der Waals surface area contributed by atoms with Crippen molar-refractivity contribution >= 4 is 17.7 Å². The monoisotopic (exact) mass is 406 g/mol. The van der Waals surface area contributed by atoms with Gasteiger partial charge in [-0.3, -0.25) is 0 Å². The molecule has 10 heteroatoms. The van der Waals surface area contributed by atoms with Crippen molar-refractivity contribution in [3.8, 4) is 28.7 Å². The van der Waals surface area contributed by atoms with E-state index in [9.17, 15) is 4.79 Å². The lowest BCUT2D eigenvalue weighted by atomic mass is 10.2. The molecule has 0 aliphatic heterocycles. The molecular weight excluding hydrogens is 388 g/mol. The molecule has 0 fully saturated rings. The van der Waals surface area contributed by atoms with Gasteiger partial charge < -0.3 is 27.8 Å². The number of benzene rings is 1. The van der Waals surface area contributed by atoms with Crippen molar-refractivity contribution in [3.63, 3.8) is 0 Å². The van der Waals surface area contributed by atoms with E-state index < -0.39 is 5.97 Å². The Labute approximate surface area is 164 Å². The van der Waals surface area contributed by atoms with Gasteiger partial charge in [-0.05, 0) is 18.2 Å². The molecule has 0 amide bonds. The number of hydrogen-bond donors (Lipinski definition) is 0. The van der Waals surface area contributed by atoms with E-state index in [0.717, 1.165) is 0 Å². The van der Waals surface area contributed by atoms with Crippen molar-refractivity contribution in [1.82, 2.24) is 10.2 Å². The van der Waals surface area contributed by atoms with Crippen LogP contribution in [-0.2, 0) is 10.5 Å². The number of carbonyl (C=O) groups is 1. The Morgan fingerprint density at radius 2 is 1.79 bits per heavy atom. The number of esters is 1. The Morgan fingerprint density at radius 3 is 2.39 bits per heavy atom. The van der Waals surface area contributed by atoms with Crippen LogP contribution in [0.2, 0.25) is 0 Å². The summed E-state index contributed by atoms with van der Waals surface area (Å²) in [5, 5.41) is 8.39. The second-order valence-electron chi connectivity index (χ2n) is 5.32. The minimum absolute atomic E-state index is 0.286. The molecule has 28 heavy (non-hydrogen) atoms. The van der Waals surface area contributed by atoms with Crippen molar-refractivity contribution in [1.29, 1.82) is 0 Å². The van der Waals surface area contributed by atoms with Crippen LogP contribution in [0.1, 0.15) is 16.1 Å². The van der Waals surface area contributed by atoms with Crippen molar-refractivity contribution in [3.05, 3.63) is 35.8 Å². The van der Waals surface area contributed by atoms with E-state index in [0.29, 0.717) is 45.1 Å². The van der Waals surface area contributed by atoms with Gasteiger partial charge >= 0.3 is 5.97 Å². The number of thioether (sulfide) groups is 1. The molecule has 2 heterocycles. The molecule has 0 saturated carbocycles. The summed E-state index contributed by atoms with van der Waals surface area (Å²) in [5.41, 5.74) is 0.974. The molecule has 0 atom stereocenters. The van der Waals surface area contributed by atoms with Crippen molar-refractivity contribution in [2.45, 2.75) is 11.0 Å². The van der Waals surface area contributed by atoms with Crippen LogP contribution in [0.5, 0.6) is 17.2 Å². The van der Waals surface area contributed by atoms with Crippen LogP contribution < -0.4 is 14.2 Å². The van der Waals surface area contributed by atoms with Gasteiger partial charge in [0.15, 0.2) is 11.5 Å². The van der Waals surface area contributed by atoms with Gasteiger partial charge in [0, 0.05) is 5.56 Å². The summed E-state index contributed by atoms with van der Waals surface area (Å²) >= 11 is 1.23. The highest BCUT2D eigenvalue weighted by atomic mass is 32.2. The van der Waals surface area contributed by atoms with E-state index in [1.54, 1.807) is 18.2 Å². The van der Waals surface area contributed by atoms with Crippen molar-refractivity contribution < 1.29 is 32.6 Å². The zero-order chi connectivity index (χ0) is 20.1. The Bertz CT molecular complexity index is 942. The summed E-state index contributed by atoms with van der Waals surface area (Å²) in [5.74, 6) is 2.03. The lowest BCUT2D eigenvalue weighted by molar-refractivity contribution is 0.0598. The van der Waals surface area contributed by atoms with E-state index in [4.69, 9.17) is 27.8 Å². The van der Waals surface area contributed by atoms with Crippen molar-refractivity contribution in [2.24, 2.45) is 0 Å². The molecular formula is C18H18N2O7S. The first kappa shape index (κ1) is 19.6. The summed E-state index contributed by atoms with van der Waals surface area (Å²) in [6, 6.07) is 4.98. The number of ether oxygens (including phenoxy) is 4. The summed E-state index contributed by atoms with van der Waals surface area (Å²) in [6.07, 6.45) is 1.43. The van der Waals surface area contributed by atoms with Gasteiger partial charge in [0.25, 0.3) is 5.22 Å². The smallest absolute Gasteiger partial charge is 0.341 e. The van der Waals surface area contributed by atoms with E-state index in [-0.39, 0.29) is 5.89 Å². The fourth-order valence-corrected chi connectivity index (χ4v) is 3.18. The highest BCUT2D eigenvalue weighted by Gasteiger charge is 2.19. The predicted molar refractivity (Wildman–Crippen MR) is 99.0 cm³/mol. The zero-order valence-corrected chi connectivity index (χ0v) is 16.5. The fourth-order valence-electron chi connectivity index (χ4n) is 2.46. The predicted octanol–water partition coefficient (Wildman–Crippen LogP) is 3.43. The van der Waals surface area contributed by atoms with E-state index in [1.165, 1.54) is 46.5 Å². The Balaban J connectivity index is 1.79. The second kappa shape index (κ2) is 8.70. The topological polar surface area (TPSA) is 106 Å².